The molecule has 2 aromatic rings. The molecule has 0 amide bonds. The number of ether oxygens (including phenoxy) is 1. The van der Waals surface area contributed by atoms with Gasteiger partial charge in [0.05, 0.1) is 12.7 Å². The minimum Gasteiger partial charge on any atom is -0.496 e. The Morgan fingerprint density at radius 2 is 2.05 bits per heavy atom. The molecule has 0 saturated carbocycles. The highest BCUT2D eigenvalue weighted by Crippen LogP contribution is 2.30. The Morgan fingerprint density at radius 1 is 1.26 bits per heavy atom. The largest absolute Gasteiger partial charge is 0.496 e. The van der Waals surface area contributed by atoms with E-state index in [1.165, 1.54) is 0 Å². The van der Waals surface area contributed by atoms with Gasteiger partial charge in [0.25, 0.3) is 0 Å². The van der Waals surface area contributed by atoms with Crippen LogP contribution in [0.1, 0.15) is 19.0 Å². The van der Waals surface area contributed by atoms with Gasteiger partial charge in [0.15, 0.2) is 5.82 Å². The molecule has 2 N–H and O–H groups in total. The molecule has 1 aromatic carbocycles. The van der Waals surface area contributed by atoms with Crippen molar-refractivity contribution in [3.8, 4) is 17.1 Å². The lowest BCUT2D eigenvalue weighted by molar-refractivity contribution is 0.416. The van der Waals surface area contributed by atoms with Crippen molar-refractivity contribution in [1.82, 2.24) is 9.97 Å². The first-order chi connectivity index (χ1) is 9.13. The second-order valence-electron chi connectivity index (χ2n) is 4.20. The van der Waals surface area contributed by atoms with Gasteiger partial charge in [-0.2, -0.15) is 0 Å². The molecule has 0 aliphatic heterocycles. The Bertz CT molecular complexity index is 587. The number of rotatable bonds is 4. The monoisotopic (exact) mass is 277 g/mol. The summed E-state index contributed by atoms with van der Waals surface area (Å²) >= 11 is 5.95. The highest BCUT2D eigenvalue weighted by atomic mass is 35.5. The van der Waals surface area contributed by atoms with E-state index >= 15 is 0 Å². The predicted molar refractivity (Wildman–Crippen MR) is 77.4 cm³/mol. The van der Waals surface area contributed by atoms with Crippen LogP contribution >= 0.6 is 11.6 Å². The molecule has 5 heteroatoms. The number of aryl methyl sites for hydroxylation is 1. The average molecular weight is 278 g/mol. The molecule has 0 bridgehead atoms. The molecule has 0 aliphatic carbocycles. The van der Waals surface area contributed by atoms with Crippen LogP contribution in [0.15, 0.2) is 24.3 Å². The number of methoxy groups -OCH3 is 1. The summed E-state index contributed by atoms with van der Waals surface area (Å²) in [5, 5.41) is 0.610. The quantitative estimate of drug-likeness (QED) is 0.931. The molecule has 0 fully saturated rings. The average Bonchev–Trinajstić information content (AvgIpc) is 2.38. The Balaban J connectivity index is 2.51. The molecule has 1 heterocycles. The van der Waals surface area contributed by atoms with E-state index in [9.17, 15) is 0 Å². The molecule has 0 spiro atoms. The van der Waals surface area contributed by atoms with Crippen molar-refractivity contribution in [2.24, 2.45) is 0 Å². The Kier molecular flexibility index (Phi) is 4.22. The van der Waals surface area contributed by atoms with E-state index in [-0.39, 0.29) is 0 Å². The van der Waals surface area contributed by atoms with Crippen LogP contribution in [0.3, 0.4) is 0 Å². The third kappa shape index (κ3) is 3.15. The Labute approximate surface area is 117 Å². The van der Waals surface area contributed by atoms with Gasteiger partial charge in [0.2, 0.25) is 0 Å². The summed E-state index contributed by atoms with van der Waals surface area (Å²) in [4.78, 5) is 8.79. The highest BCUT2D eigenvalue weighted by molar-refractivity contribution is 6.30. The van der Waals surface area contributed by atoms with E-state index in [0.717, 1.165) is 24.1 Å². The minimum absolute atomic E-state index is 0.463. The van der Waals surface area contributed by atoms with Crippen molar-refractivity contribution in [2.45, 2.75) is 19.8 Å². The molecule has 0 aliphatic rings. The van der Waals surface area contributed by atoms with Crippen molar-refractivity contribution < 1.29 is 4.74 Å². The Morgan fingerprint density at radius 3 is 2.74 bits per heavy atom. The first kappa shape index (κ1) is 13.6. The molecule has 4 nitrogen and oxygen atoms in total. The number of hydrogen-bond acceptors (Lipinski definition) is 4. The maximum Gasteiger partial charge on any atom is 0.165 e. The first-order valence-electron chi connectivity index (χ1n) is 6.11. The van der Waals surface area contributed by atoms with Crippen LogP contribution < -0.4 is 10.5 Å². The molecule has 0 radical (unpaired) electrons. The van der Waals surface area contributed by atoms with Gasteiger partial charge >= 0.3 is 0 Å². The molecule has 0 atom stereocenters. The van der Waals surface area contributed by atoms with Crippen molar-refractivity contribution >= 4 is 17.4 Å². The highest BCUT2D eigenvalue weighted by Gasteiger charge is 2.11. The van der Waals surface area contributed by atoms with E-state index in [1.807, 2.05) is 6.07 Å². The number of nitrogen functional groups attached to an aromatic ring is 1. The van der Waals surface area contributed by atoms with Gasteiger partial charge in [-0.3, -0.25) is 0 Å². The maximum atomic E-state index is 5.95. The molecular weight excluding hydrogens is 262 g/mol. The van der Waals surface area contributed by atoms with E-state index < -0.39 is 0 Å². The summed E-state index contributed by atoms with van der Waals surface area (Å²) < 4.78 is 5.32. The zero-order chi connectivity index (χ0) is 13.8. The lowest BCUT2D eigenvalue weighted by Crippen LogP contribution is -2.01. The van der Waals surface area contributed by atoms with E-state index in [2.05, 4.69) is 16.9 Å². The fourth-order valence-electron chi connectivity index (χ4n) is 1.87. The standard InChI is InChI=1S/C14H16ClN3O/c1-3-4-10-8-13(16)18-14(17-10)11-6-5-9(15)7-12(11)19-2/h5-8H,3-4H2,1-2H3,(H2,16,17,18). The molecule has 0 unspecified atom stereocenters. The van der Waals surface area contributed by atoms with Gasteiger partial charge in [0, 0.05) is 16.8 Å². The summed E-state index contributed by atoms with van der Waals surface area (Å²) in [5.41, 5.74) is 7.55. The van der Waals surface area contributed by atoms with Crippen LogP contribution in [0.4, 0.5) is 5.82 Å². The van der Waals surface area contributed by atoms with Gasteiger partial charge < -0.3 is 10.5 Å². The van der Waals surface area contributed by atoms with Crippen LogP contribution in [0.25, 0.3) is 11.4 Å². The van der Waals surface area contributed by atoms with Crippen molar-refractivity contribution in [1.29, 1.82) is 0 Å². The topological polar surface area (TPSA) is 61.0 Å². The van der Waals surface area contributed by atoms with Crippen LogP contribution in [0, 0.1) is 0 Å². The molecule has 0 saturated heterocycles. The number of aromatic nitrogens is 2. The third-order valence-corrected chi connectivity index (χ3v) is 2.94. The zero-order valence-electron chi connectivity index (χ0n) is 11.0. The second kappa shape index (κ2) is 5.89. The predicted octanol–water partition coefficient (Wildman–Crippen LogP) is 3.34. The summed E-state index contributed by atoms with van der Waals surface area (Å²) in [7, 11) is 1.59. The molecular formula is C14H16ClN3O. The van der Waals surface area contributed by atoms with Gasteiger partial charge in [-0.15, -0.1) is 0 Å². The number of anilines is 1. The van der Waals surface area contributed by atoms with Gasteiger partial charge in [0.1, 0.15) is 11.6 Å². The van der Waals surface area contributed by atoms with Crippen LogP contribution in [-0.4, -0.2) is 17.1 Å². The third-order valence-electron chi connectivity index (χ3n) is 2.71. The summed E-state index contributed by atoms with van der Waals surface area (Å²) in [6.45, 7) is 2.10. The zero-order valence-corrected chi connectivity index (χ0v) is 11.7. The summed E-state index contributed by atoms with van der Waals surface area (Å²) in [5.74, 6) is 1.67. The molecule has 100 valence electrons. The van der Waals surface area contributed by atoms with E-state index in [1.54, 1.807) is 25.3 Å². The van der Waals surface area contributed by atoms with Crippen molar-refractivity contribution in [2.75, 3.05) is 12.8 Å². The maximum absolute atomic E-state index is 5.95. The SMILES string of the molecule is CCCc1cc(N)nc(-c2ccc(Cl)cc2OC)n1. The summed E-state index contributed by atoms with van der Waals surface area (Å²) in [6, 6.07) is 7.16. The number of hydrogen-bond donors (Lipinski definition) is 1. The van der Waals surface area contributed by atoms with Gasteiger partial charge in [-0.25, -0.2) is 9.97 Å². The van der Waals surface area contributed by atoms with Crippen LogP contribution in [0.2, 0.25) is 5.02 Å². The number of nitrogens with two attached hydrogens (primary N) is 1. The Hall–Kier alpha value is -1.81. The van der Waals surface area contributed by atoms with Crippen molar-refractivity contribution in [3.05, 3.63) is 35.0 Å². The fourth-order valence-corrected chi connectivity index (χ4v) is 2.04. The van der Waals surface area contributed by atoms with Crippen LogP contribution in [-0.2, 0) is 6.42 Å². The second-order valence-corrected chi connectivity index (χ2v) is 4.64. The van der Waals surface area contributed by atoms with Gasteiger partial charge in [-0.05, 0) is 24.6 Å². The molecule has 1 aromatic heterocycles. The number of halogens is 1. The normalized spacial score (nSPS) is 10.5. The lowest BCUT2D eigenvalue weighted by Gasteiger charge is -2.09. The van der Waals surface area contributed by atoms with E-state index in [0.29, 0.717) is 22.4 Å². The smallest absolute Gasteiger partial charge is 0.165 e. The lowest BCUT2D eigenvalue weighted by atomic mass is 10.1. The minimum atomic E-state index is 0.463. The first-order valence-corrected chi connectivity index (χ1v) is 6.49. The molecule has 19 heavy (non-hydrogen) atoms. The number of nitrogens with zero attached hydrogens (tertiary/aromatic N) is 2. The van der Waals surface area contributed by atoms with Crippen molar-refractivity contribution in [3.63, 3.8) is 0 Å². The molecule has 2 rings (SSSR count). The summed E-state index contributed by atoms with van der Waals surface area (Å²) in [6.07, 6.45) is 1.88. The number of benzene rings is 1. The van der Waals surface area contributed by atoms with E-state index in [4.69, 9.17) is 22.1 Å². The fraction of sp³-hybridized carbons (Fsp3) is 0.286. The van der Waals surface area contributed by atoms with Crippen LogP contribution in [0.5, 0.6) is 5.75 Å². The van der Waals surface area contributed by atoms with Gasteiger partial charge in [-0.1, -0.05) is 24.9 Å².